The zero-order valence-corrected chi connectivity index (χ0v) is 10.2. The first-order valence-electron chi connectivity index (χ1n) is 5.27. The lowest BCUT2D eigenvalue weighted by molar-refractivity contribution is 0.475. The quantitative estimate of drug-likeness (QED) is 0.655. The molecule has 0 aliphatic carbocycles. The number of hydrogen-bond donors (Lipinski definition) is 3. The van der Waals surface area contributed by atoms with Gasteiger partial charge in [-0.1, -0.05) is 36.4 Å². The highest BCUT2D eigenvalue weighted by molar-refractivity contribution is 5.19. The first-order valence-corrected chi connectivity index (χ1v) is 5.27. The fourth-order valence-corrected chi connectivity index (χ4v) is 0.856. The van der Waals surface area contributed by atoms with Crippen molar-refractivity contribution in [1.82, 2.24) is 5.32 Å². The molecule has 0 fully saturated rings. The van der Waals surface area contributed by atoms with Crippen molar-refractivity contribution in [2.24, 2.45) is 0 Å². The van der Waals surface area contributed by atoms with Gasteiger partial charge in [0, 0.05) is 0 Å². The van der Waals surface area contributed by atoms with Crippen molar-refractivity contribution in [3.63, 3.8) is 0 Å². The van der Waals surface area contributed by atoms with E-state index >= 15 is 0 Å². The molecule has 3 heteroatoms. The second-order valence-electron chi connectivity index (χ2n) is 3.17. The molecule has 0 saturated carbocycles. The smallest absolute Gasteiger partial charge is 0.115 e. The fraction of sp³-hybridized carbons (Fsp3) is 0.143. The van der Waals surface area contributed by atoms with E-state index in [0.717, 1.165) is 0 Å². The van der Waals surface area contributed by atoms with Crippen LogP contribution >= 0.6 is 0 Å². The lowest BCUT2D eigenvalue weighted by Gasteiger charge is -1.82. The molecule has 0 aromatic heterocycles. The molecule has 2 rings (SSSR count). The Bertz CT molecular complexity index is 325. The van der Waals surface area contributed by atoms with Gasteiger partial charge in [0.05, 0.1) is 0 Å². The molecule has 0 saturated heterocycles. The van der Waals surface area contributed by atoms with Crippen LogP contribution in [-0.2, 0) is 0 Å². The highest BCUT2D eigenvalue weighted by atomic mass is 16.3. The van der Waals surface area contributed by atoms with Crippen molar-refractivity contribution in [3.05, 3.63) is 60.7 Å². The van der Waals surface area contributed by atoms with E-state index in [1.54, 1.807) is 48.5 Å². The first kappa shape index (κ1) is 15.0. The van der Waals surface area contributed by atoms with Gasteiger partial charge in [0.1, 0.15) is 11.5 Å². The van der Waals surface area contributed by atoms with Gasteiger partial charge in [0.15, 0.2) is 0 Å². The van der Waals surface area contributed by atoms with Crippen molar-refractivity contribution >= 4 is 0 Å². The molecule has 2 aromatic carbocycles. The van der Waals surface area contributed by atoms with Crippen molar-refractivity contribution in [1.29, 1.82) is 0 Å². The highest BCUT2D eigenvalue weighted by Gasteiger charge is 1.75. The predicted octanol–water partition coefficient (Wildman–Crippen LogP) is 2.62. The van der Waals surface area contributed by atoms with Gasteiger partial charge in [0.2, 0.25) is 0 Å². The van der Waals surface area contributed by atoms with Crippen molar-refractivity contribution < 1.29 is 10.2 Å². The standard InChI is InChI=1S/2C6H6O.C2H7N/c2*7-6-4-2-1-3-5-6;1-3-2/h2*1-5,7H;3H,1-2H3. The molecular weight excluding hydrogens is 214 g/mol. The number of phenolic OH excluding ortho intramolecular Hbond substituents is 2. The van der Waals surface area contributed by atoms with E-state index in [4.69, 9.17) is 10.2 Å². The molecule has 0 bridgehead atoms. The van der Waals surface area contributed by atoms with Crippen LogP contribution in [0.15, 0.2) is 60.7 Å². The maximum absolute atomic E-state index is 8.63. The number of aromatic hydroxyl groups is 2. The minimum Gasteiger partial charge on any atom is -0.508 e. The average molecular weight is 233 g/mol. The number of benzene rings is 2. The van der Waals surface area contributed by atoms with Crippen LogP contribution in [0.4, 0.5) is 0 Å². The Morgan fingerprint density at radius 2 is 0.882 bits per heavy atom. The summed E-state index contributed by atoms with van der Waals surface area (Å²) in [5.41, 5.74) is 0. The molecular formula is C14H19NO2. The first-order chi connectivity index (χ1) is 8.20. The van der Waals surface area contributed by atoms with E-state index in [0.29, 0.717) is 11.5 Å². The maximum atomic E-state index is 8.63. The Balaban J connectivity index is 0.000000247. The fourth-order valence-electron chi connectivity index (χ4n) is 0.856. The molecule has 3 nitrogen and oxygen atoms in total. The summed E-state index contributed by atoms with van der Waals surface area (Å²) in [5, 5.41) is 20.0. The third kappa shape index (κ3) is 10.3. The van der Waals surface area contributed by atoms with Gasteiger partial charge in [-0.05, 0) is 38.4 Å². The Hall–Kier alpha value is -2.00. The Labute approximate surface area is 102 Å². The summed E-state index contributed by atoms with van der Waals surface area (Å²) < 4.78 is 0. The number of nitrogens with one attached hydrogen (secondary N) is 1. The van der Waals surface area contributed by atoms with Gasteiger partial charge < -0.3 is 15.5 Å². The van der Waals surface area contributed by atoms with Gasteiger partial charge in [-0.2, -0.15) is 0 Å². The molecule has 92 valence electrons. The summed E-state index contributed by atoms with van der Waals surface area (Å²) >= 11 is 0. The Morgan fingerprint density at radius 1 is 0.647 bits per heavy atom. The van der Waals surface area contributed by atoms with Crippen LogP contribution in [-0.4, -0.2) is 24.3 Å². The van der Waals surface area contributed by atoms with Crippen LogP contribution in [0.3, 0.4) is 0 Å². The van der Waals surface area contributed by atoms with Crippen LogP contribution in [0.5, 0.6) is 11.5 Å². The summed E-state index contributed by atoms with van der Waals surface area (Å²) in [6.45, 7) is 0. The minimum absolute atomic E-state index is 0.322. The van der Waals surface area contributed by atoms with Crippen molar-refractivity contribution in [2.45, 2.75) is 0 Å². The third-order valence-electron chi connectivity index (χ3n) is 1.51. The number of hydrogen-bond acceptors (Lipinski definition) is 3. The lowest BCUT2D eigenvalue weighted by Crippen LogP contribution is -1.89. The van der Waals surface area contributed by atoms with E-state index in [-0.39, 0.29) is 0 Å². The number of rotatable bonds is 0. The van der Waals surface area contributed by atoms with E-state index in [1.165, 1.54) is 0 Å². The summed E-state index contributed by atoms with van der Waals surface area (Å²) in [4.78, 5) is 0. The maximum Gasteiger partial charge on any atom is 0.115 e. The summed E-state index contributed by atoms with van der Waals surface area (Å²) in [6.07, 6.45) is 0. The minimum atomic E-state index is 0.322. The van der Waals surface area contributed by atoms with Gasteiger partial charge in [-0.3, -0.25) is 0 Å². The zero-order valence-electron chi connectivity index (χ0n) is 10.2. The van der Waals surface area contributed by atoms with E-state index < -0.39 is 0 Å². The van der Waals surface area contributed by atoms with Crippen LogP contribution < -0.4 is 5.32 Å². The molecule has 0 unspecified atom stereocenters. The molecule has 17 heavy (non-hydrogen) atoms. The van der Waals surface area contributed by atoms with E-state index in [2.05, 4.69) is 5.32 Å². The van der Waals surface area contributed by atoms with Gasteiger partial charge in [-0.15, -0.1) is 0 Å². The zero-order chi connectivity index (χ0) is 12.9. The van der Waals surface area contributed by atoms with Crippen LogP contribution in [0.1, 0.15) is 0 Å². The molecule has 0 aliphatic rings. The van der Waals surface area contributed by atoms with E-state index in [1.807, 2.05) is 26.2 Å². The largest absolute Gasteiger partial charge is 0.508 e. The molecule has 0 spiro atoms. The van der Waals surface area contributed by atoms with Gasteiger partial charge >= 0.3 is 0 Å². The monoisotopic (exact) mass is 233 g/mol. The van der Waals surface area contributed by atoms with Crippen molar-refractivity contribution in [2.75, 3.05) is 14.1 Å². The molecule has 0 heterocycles. The second-order valence-corrected chi connectivity index (χ2v) is 3.17. The van der Waals surface area contributed by atoms with Crippen LogP contribution in [0.2, 0.25) is 0 Å². The molecule has 0 atom stereocenters. The van der Waals surface area contributed by atoms with E-state index in [9.17, 15) is 0 Å². The predicted molar refractivity (Wildman–Crippen MR) is 71.2 cm³/mol. The molecule has 0 radical (unpaired) electrons. The molecule has 3 N–H and O–H groups in total. The molecule has 2 aromatic rings. The molecule has 0 aliphatic heterocycles. The summed E-state index contributed by atoms with van der Waals surface area (Å²) in [7, 11) is 3.75. The highest BCUT2D eigenvalue weighted by Crippen LogP contribution is 2.03. The van der Waals surface area contributed by atoms with Crippen LogP contribution in [0.25, 0.3) is 0 Å². The normalized spacial score (nSPS) is 8.12. The summed E-state index contributed by atoms with van der Waals surface area (Å²) in [6, 6.07) is 17.4. The third-order valence-corrected chi connectivity index (χ3v) is 1.51. The average Bonchev–Trinajstić information content (AvgIpc) is 2.33. The topological polar surface area (TPSA) is 52.5 Å². The van der Waals surface area contributed by atoms with Crippen LogP contribution in [0, 0.1) is 0 Å². The lowest BCUT2D eigenvalue weighted by atomic mass is 10.3. The Kier molecular flexibility index (Phi) is 9.28. The SMILES string of the molecule is CNC.Oc1ccccc1.Oc1ccccc1. The Morgan fingerprint density at radius 3 is 1.00 bits per heavy atom. The molecule has 0 amide bonds. The van der Waals surface area contributed by atoms with Gasteiger partial charge in [-0.25, -0.2) is 0 Å². The summed E-state index contributed by atoms with van der Waals surface area (Å²) in [5.74, 6) is 0.644. The van der Waals surface area contributed by atoms with Crippen molar-refractivity contribution in [3.8, 4) is 11.5 Å². The second kappa shape index (κ2) is 10.5. The number of phenols is 2. The number of para-hydroxylation sites is 2. The van der Waals surface area contributed by atoms with Gasteiger partial charge in [0.25, 0.3) is 0 Å².